The van der Waals surface area contributed by atoms with Gasteiger partial charge in [-0.05, 0) is 33.9 Å². The zero-order valence-corrected chi connectivity index (χ0v) is 16.9. The van der Waals surface area contributed by atoms with Crippen molar-refractivity contribution >= 4 is 22.2 Å². The van der Waals surface area contributed by atoms with Crippen molar-refractivity contribution in [1.82, 2.24) is 5.32 Å². The number of carbonyl (C=O) groups excluding carboxylic acids is 1. The molecule has 2 rings (SSSR count). The van der Waals surface area contributed by atoms with Crippen LogP contribution in [0.1, 0.15) is 57.4 Å². The third kappa shape index (κ3) is 5.17. The molecule has 138 valence electrons. The molecule has 0 aliphatic heterocycles. The van der Waals surface area contributed by atoms with Gasteiger partial charge in [-0.1, -0.05) is 58.9 Å². The van der Waals surface area contributed by atoms with Gasteiger partial charge in [0.05, 0.1) is 12.1 Å². The van der Waals surface area contributed by atoms with E-state index in [1.807, 2.05) is 0 Å². The van der Waals surface area contributed by atoms with E-state index in [0.717, 1.165) is 0 Å². The fourth-order valence-electron chi connectivity index (χ4n) is 2.80. The maximum absolute atomic E-state index is 12.2. The number of anilines is 1. The molecule has 1 amide bonds. The maximum Gasteiger partial charge on any atom is 0.238 e. The van der Waals surface area contributed by atoms with Crippen LogP contribution in [0.25, 0.3) is 0 Å². The summed E-state index contributed by atoms with van der Waals surface area (Å²) < 4.78 is 0. The number of nitrogens with one attached hydrogen (secondary N) is 2. The van der Waals surface area contributed by atoms with E-state index in [0.29, 0.717) is 16.5 Å². The number of hydrogen-bond donors (Lipinski definition) is 2. The summed E-state index contributed by atoms with van der Waals surface area (Å²) in [7, 11) is 0. The molecule has 0 spiro atoms. The number of benzene rings is 1. The summed E-state index contributed by atoms with van der Waals surface area (Å²) in [5.74, 6) is 0.209. The van der Waals surface area contributed by atoms with E-state index in [1.54, 1.807) is 11.4 Å². The van der Waals surface area contributed by atoms with Gasteiger partial charge < -0.3 is 10.6 Å². The van der Waals surface area contributed by atoms with Crippen LogP contribution in [-0.2, 0) is 10.2 Å². The predicted molar refractivity (Wildman–Crippen MR) is 108 cm³/mol. The minimum atomic E-state index is -0.138. The summed E-state index contributed by atoms with van der Waals surface area (Å²) in [6, 6.07) is 12.5. The number of nitriles is 1. The zero-order chi connectivity index (χ0) is 19.3. The quantitative estimate of drug-likeness (QED) is 0.765. The average molecular weight is 370 g/mol. The second-order valence-corrected chi connectivity index (χ2v) is 8.71. The highest BCUT2D eigenvalue weighted by molar-refractivity contribution is 7.14. The molecule has 2 N–H and O–H groups in total. The fraction of sp³-hybridized carbons (Fsp3) is 0.429. The monoisotopic (exact) mass is 369 g/mol. The number of hydrogen-bond acceptors (Lipinski definition) is 4. The molecule has 1 aromatic carbocycles. The summed E-state index contributed by atoms with van der Waals surface area (Å²) in [5.41, 5.74) is 3.10. The lowest BCUT2D eigenvalue weighted by molar-refractivity contribution is -0.115. The number of nitrogens with zero attached hydrogens (tertiary/aromatic N) is 1. The van der Waals surface area contributed by atoms with Gasteiger partial charge in [-0.3, -0.25) is 4.79 Å². The van der Waals surface area contributed by atoms with E-state index in [1.165, 1.54) is 22.5 Å². The Morgan fingerprint density at radius 2 is 1.85 bits per heavy atom. The Morgan fingerprint density at radius 1 is 1.19 bits per heavy atom. The normalized spacial score (nSPS) is 12.7. The van der Waals surface area contributed by atoms with E-state index in [-0.39, 0.29) is 23.9 Å². The predicted octanol–water partition coefficient (Wildman–Crippen LogP) is 4.84. The number of rotatable bonds is 6. The van der Waals surface area contributed by atoms with Crippen molar-refractivity contribution in [3.8, 4) is 6.07 Å². The van der Waals surface area contributed by atoms with E-state index in [2.05, 4.69) is 75.6 Å². The second kappa shape index (κ2) is 8.48. The molecule has 0 radical (unpaired) electrons. The first kappa shape index (κ1) is 20.2. The van der Waals surface area contributed by atoms with Crippen molar-refractivity contribution in [2.45, 2.75) is 46.1 Å². The van der Waals surface area contributed by atoms with Gasteiger partial charge in [0.1, 0.15) is 11.1 Å². The average Bonchev–Trinajstić information content (AvgIpc) is 3.01. The van der Waals surface area contributed by atoms with Crippen LogP contribution in [0.5, 0.6) is 0 Å². The van der Waals surface area contributed by atoms with Crippen LogP contribution in [0, 0.1) is 17.2 Å². The Morgan fingerprint density at radius 3 is 2.38 bits per heavy atom. The van der Waals surface area contributed by atoms with E-state index in [4.69, 9.17) is 5.26 Å². The van der Waals surface area contributed by atoms with Crippen LogP contribution in [-0.4, -0.2) is 12.5 Å². The first-order valence-corrected chi connectivity index (χ1v) is 9.71. The first-order valence-electron chi connectivity index (χ1n) is 8.83. The molecule has 4 nitrogen and oxygen atoms in total. The Balaban J connectivity index is 2.02. The molecule has 0 saturated heterocycles. The molecule has 0 unspecified atom stereocenters. The van der Waals surface area contributed by atoms with Crippen LogP contribution in [0.3, 0.4) is 0 Å². The minimum absolute atomic E-state index is 0.0912. The van der Waals surface area contributed by atoms with Crippen LogP contribution in [0.15, 0.2) is 35.7 Å². The van der Waals surface area contributed by atoms with Gasteiger partial charge in [0, 0.05) is 6.04 Å². The SMILES string of the molecule is CC(C)[C@@H](NCC(=O)Nc1sccc1C#N)c1ccc(C(C)(C)C)cc1. The van der Waals surface area contributed by atoms with Crippen molar-refractivity contribution in [1.29, 1.82) is 5.26 Å². The van der Waals surface area contributed by atoms with Crippen molar-refractivity contribution in [3.05, 3.63) is 52.4 Å². The Kier molecular flexibility index (Phi) is 6.57. The molecule has 0 aliphatic rings. The van der Waals surface area contributed by atoms with Crippen molar-refractivity contribution in [2.24, 2.45) is 5.92 Å². The van der Waals surface area contributed by atoms with Crippen molar-refractivity contribution < 1.29 is 4.79 Å². The molecule has 26 heavy (non-hydrogen) atoms. The van der Waals surface area contributed by atoms with Crippen molar-refractivity contribution in [2.75, 3.05) is 11.9 Å². The molecule has 2 aromatic rings. The Bertz CT molecular complexity index is 779. The van der Waals surface area contributed by atoms with Gasteiger partial charge in [-0.2, -0.15) is 5.26 Å². The summed E-state index contributed by atoms with van der Waals surface area (Å²) in [4.78, 5) is 12.2. The molecule has 5 heteroatoms. The van der Waals surface area contributed by atoms with Crippen LogP contribution < -0.4 is 10.6 Å². The summed E-state index contributed by atoms with van der Waals surface area (Å²) in [6.45, 7) is 11.1. The van der Waals surface area contributed by atoms with Gasteiger partial charge in [0.15, 0.2) is 0 Å². The molecule has 0 saturated carbocycles. The largest absolute Gasteiger partial charge is 0.315 e. The van der Waals surface area contributed by atoms with Crippen LogP contribution >= 0.6 is 11.3 Å². The van der Waals surface area contributed by atoms with Crippen molar-refractivity contribution in [3.63, 3.8) is 0 Å². The van der Waals surface area contributed by atoms with E-state index >= 15 is 0 Å². The Labute approximate surface area is 160 Å². The standard InChI is InChI=1S/C21H27N3OS/c1-14(2)19(15-6-8-17(9-7-15)21(3,4)5)23-13-18(25)24-20-16(12-22)10-11-26-20/h6-11,14,19,23H,13H2,1-5H3,(H,24,25)/t19-/m1/s1. The van der Waals surface area contributed by atoms with Gasteiger partial charge in [-0.25, -0.2) is 0 Å². The van der Waals surface area contributed by atoms with E-state index in [9.17, 15) is 4.79 Å². The summed E-state index contributed by atoms with van der Waals surface area (Å²) >= 11 is 1.36. The molecule has 1 aromatic heterocycles. The minimum Gasteiger partial charge on any atom is -0.315 e. The van der Waals surface area contributed by atoms with Gasteiger partial charge in [0.25, 0.3) is 0 Å². The molecule has 1 atom stereocenters. The second-order valence-electron chi connectivity index (χ2n) is 7.80. The summed E-state index contributed by atoms with van der Waals surface area (Å²) in [5, 5.41) is 17.6. The highest BCUT2D eigenvalue weighted by Crippen LogP contribution is 2.27. The lowest BCUT2D eigenvalue weighted by Crippen LogP contribution is -2.33. The lowest BCUT2D eigenvalue weighted by atomic mass is 9.85. The molecular formula is C21H27N3OS. The molecular weight excluding hydrogens is 342 g/mol. The van der Waals surface area contributed by atoms with Crippen LogP contribution in [0.4, 0.5) is 5.00 Å². The lowest BCUT2D eigenvalue weighted by Gasteiger charge is -2.25. The molecule has 0 fully saturated rings. The number of amides is 1. The molecule has 0 bridgehead atoms. The highest BCUT2D eigenvalue weighted by atomic mass is 32.1. The highest BCUT2D eigenvalue weighted by Gasteiger charge is 2.19. The van der Waals surface area contributed by atoms with Gasteiger partial charge in [-0.15, -0.1) is 11.3 Å². The first-order chi connectivity index (χ1) is 12.2. The maximum atomic E-state index is 12.2. The van der Waals surface area contributed by atoms with Crippen LogP contribution in [0.2, 0.25) is 0 Å². The van der Waals surface area contributed by atoms with Gasteiger partial charge >= 0.3 is 0 Å². The smallest absolute Gasteiger partial charge is 0.238 e. The van der Waals surface area contributed by atoms with E-state index < -0.39 is 0 Å². The number of carbonyl (C=O) groups is 1. The fourth-order valence-corrected chi connectivity index (χ4v) is 3.55. The zero-order valence-electron chi connectivity index (χ0n) is 16.1. The molecule has 0 aliphatic carbocycles. The number of thiophene rings is 1. The topological polar surface area (TPSA) is 64.9 Å². The third-order valence-electron chi connectivity index (χ3n) is 4.32. The third-order valence-corrected chi connectivity index (χ3v) is 5.15. The van der Waals surface area contributed by atoms with Gasteiger partial charge in [0.2, 0.25) is 5.91 Å². The molecule has 1 heterocycles. The Hall–Kier alpha value is -2.16. The summed E-state index contributed by atoms with van der Waals surface area (Å²) in [6.07, 6.45) is 0.